The van der Waals surface area contributed by atoms with Crippen LogP contribution in [0.3, 0.4) is 0 Å². The molecule has 0 bridgehead atoms. The van der Waals surface area contributed by atoms with E-state index in [1.54, 1.807) is 0 Å². The Morgan fingerprint density at radius 1 is 1.35 bits per heavy atom. The van der Waals surface area contributed by atoms with Gasteiger partial charge in [-0.2, -0.15) is 0 Å². The minimum Gasteiger partial charge on any atom is -0.491 e. The molecule has 108 valence electrons. The van der Waals surface area contributed by atoms with Gasteiger partial charge >= 0.3 is 6.03 Å². The fourth-order valence-electron chi connectivity index (χ4n) is 1.84. The van der Waals surface area contributed by atoms with E-state index >= 15 is 0 Å². The van der Waals surface area contributed by atoms with Crippen LogP contribution < -0.4 is 4.74 Å². The smallest absolute Gasteiger partial charge is 0.327 e. The van der Waals surface area contributed by atoms with E-state index in [0.29, 0.717) is 5.75 Å². The number of aliphatic hydroxyl groups is 1. The van der Waals surface area contributed by atoms with E-state index in [-0.39, 0.29) is 31.4 Å². The molecule has 3 amide bonds. The number of aliphatic hydroxyl groups excluding tert-OH is 1. The van der Waals surface area contributed by atoms with E-state index < -0.39 is 12.1 Å². The zero-order valence-corrected chi connectivity index (χ0v) is 11.0. The molecule has 1 aromatic carbocycles. The molecule has 6 nitrogen and oxygen atoms in total. The summed E-state index contributed by atoms with van der Waals surface area (Å²) in [4.78, 5) is 25.4. The van der Waals surface area contributed by atoms with E-state index in [9.17, 15) is 19.1 Å². The molecule has 2 rings (SSSR count). The van der Waals surface area contributed by atoms with Crippen molar-refractivity contribution < 1.29 is 23.8 Å². The quantitative estimate of drug-likeness (QED) is 0.797. The van der Waals surface area contributed by atoms with Crippen LogP contribution in [-0.2, 0) is 4.79 Å². The first-order valence-corrected chi connectivity index (χ1v) is 6.09. The fourth-order valence-corrected chi connectivity index (χ4v) is 1.84. The third-order valence-corrected chi connectivity index (χ3v) is 2.88. The highest BCUT2D eigenvalue weighted by Gasteiger charge is 2.34. The van der Waals surface area contributed by atoms with E-state index in [1.165, 1.54) is 36.2 Å². The zero-order valence-electron chi connectivity index (χ0n) is 11.0. The van der Waals surface area contributed by atoms with Crippen LogP contribution in [0.25, 0.3) is 0 Å². The van der Waals surface area contributed by atoms with Crippen LogP contribution >= 0.6 is 0 Å². The SMILES string of the molecule is CN1CC(=O)N(C[C@H](O)COc2ccc(F)cc2)C1=O. The van der Waals surface area contributed by atoms with Crippen molar-refractivity contribution in [3.63, 3.8) is 0 Å². The summed E-state index contributed by atoms with van der Waals surface area (Å²) >= 11 is 0. The Bertz CT molecular complexity index is 506. The third-order valence-electron chi connectivity index (χ3n) is 2.88. The van der Waals surface area contributed by atoms with E-state index in [4.69, 9.17) is 4.74 Å². The summed E-state index contributed by atoms with van der Waals surface area (Å²) in [5.74, 6) is -0.325. The van der Waals surface area contributed by atoms with Crippen molar-refractivity contribution in [1.82, 2.24) is 9.80 Å². The van der Waals surface area contributed by atoms with Gasteiger partial charge in [-0.15, -0.1) is 0 Å². The number of ether oxygens (including phenoxy) is 1. The summed E-state index contributed by atoms with van der Waals surface area (Å²) in [5.41, 5.74) is 0. The lowest BCUT2D eigenvalue weighted by molar-refractivity contribution is -0.126. The first-order valence-electron chi connectivity index (χ1n) is 6.09. The number of amides is 3. The number of benzene rings is 1. The van der Waals surface area contributed by atoms with E-state index in [2.05, 4.69) is 0 Å². The molecular weight excluding hydrogens is 267 g/mol. The fraction of sp³-hybridized carbons (Fsp3) is 0.385. The number of carbonyl (C=O) groups is 2. The molecule has 0 aromatic heterocycles. The van der Waals surface area contributed by atoms with Crippen LogP contribution in [0.15, 0.2) is 24.3 Å². The van der Waals surface area contributed by atoms with Crippen LogP contribution in [0.5, 0.6) is 5.75 Å². The molecule has 0 spiro atoms. The van der Waals surface area contributed by atoms with Crippen molar-refractivity contribution in [3.05, 3.63) is 30.1 Å². The van der Waals surface area contributed by atoms with E-state index in [1.807, 2.05) is 0 Å². The largest absolute Gasteiger partial charge is 0.491 e. The molecule has 20 heavy (non-hydrogen) atoms. The maximum absolute atomic E-state index is 12.7. The lowest BCUT2D eigenvalue weighted by Gasteiger charge is -2.18. The molecule has 0 aliphatic carbocycles. The molecule has 1 N–H and O–H groups in total. The number of hydrogen-bond acceptors (Lipinski definition) is 4. The number of urea groups is 1. The highest BCUT2D eigenvalue weighted by atomic mass is 19.1. The van der Waals surface area contributed by atoms with Crippen LogP contribution in [0.1, 0.15) is 0 Å². The lowest BCUT2D eigenvalue weighted by Crippen LogP contribution is -2.40. The van der Waals surface area contributed by atoms with Crippen molar-refractivity contribution in [2.75, 3.05) is 26.7 Å². The molecule has 0 saturated carbocycles. The second kappa shape index (κ2) is 5.87. The van der Waals surface area contributed by atoms with Crippen molar-refractivity contribution in [3.8, 4) is 5.75 Å². The highest BCUT2D eigenvalue weighted by Crippen LogP contribution is 2.12. The van der Waals surface area contributed by atoms with Gasteiger partial charge in [0.05, 0.1) is 6.54 Å². The Morgan fingerprint density at radius 3 is 2.55 bits per heavy atom. The Hall–Kier alpha value is -2.15. The maximum atomic E-state index is 12.7. The maximum Gasteiger partial charge on any atom is 0.327 e. The number of likely N-dealkylation sites (N-methyl/N-ethyl adjacent to an activating group) is 1. The number of β-amino-alcohol motifs (C(OH)–C–C–N with tert-alkyl or cyclic N) is 1. The first-order chi connectivity index (χ1) is 9.47. The van der Waals surface area contributed by atoms with Crippen LogP contribution in [-0.4, -0.2) is 59.7 Å². The van der Waals surface area contributed by atoms with Gasteiger partial charge in [0.1, 0.15) is 30.8 Å². The number of rotatable bonds is 5. The van der Waals surface area contributed by atoms with E-state index in [0.717, 1.165) is 4.90 Å². The molecule has 1 aliphatic heterocycles. The highest BCUT2D eigenvalue weighted by molar-refractivity contribution is 6.01. The number of imide groups is 1. The summed E-state index contributed by atoms with van der Waals surface area (Å²) in [6.45, 7) is -0.194. The zero-order chi connectivity index (χ0) is 14.7. The van der Waals surface area contributed by atoms with Gasteiger partial charge < -0.3 is 14.7 Å². The average molecular weight is 282 g/mol. The third kappa shape index (κ3) is 3.24. The minimum absolute atomic E-state index is 0.0182. The average Bonchev–Trinajstić information content (AvgIpc) is 2.65. The molecule has 1 aromatic rings. The Labute approximate surface area is 115 Å². The van der Waals surface area contributed by atoms with Gasteiger partial charge in [0.25, 0.3) is 0 Å². The summed E-state index contributed by atoms with van der Waals surface area (Å²) < 4.78 is 17.9. The summed E-state index contributed by atoms with van der Waals surface area (Å²) in [6.07, 6.45) is -1.00. The van der Waals surface area contributed by atoms with Gasteiger partial charge in [-0.3, -0.25) is 9.69 Å². The second-order valence-electron chi connectivity index (χ2n) is 4.56. The predicted molar refractivity (Wildman–Crippen MR) is 67.6 cm³/mol. The van der Waals surface area contributed by atoms with Gasteiger partial charge in [0.15, 0.2) is 0 Å². The Balaban J connectivity index is 1.83. The van der Waals surface area contributed by atoms with Crippen molar-refractivity contribution in [2.45, 2.75) is 6.10 Å². The number of hydrogen-bond donors (Lipinski definition) is 1. The van der Waals surface area contributed by atoms with Gasteiger partial charge in [0, 0.05) is 7.05 Å². The molecule has 0 unspecified atom stereocenters. The van der Waals surface area contributed by atoms with Crippen molar-refractivity contribution in [2.24, 2.45) is 0 Å². The van der Waals surface area contributed by atoms with Crippen molar-refractivity contribution >= 4 is 11.9 Å². The number of nitrogens with zero attached hydrogens (tertiary/aromatic N) is 2. The molecule has 0 radical (unpaired) electrons. The first kappa shape index (κ1) is 14.3. The molecule has 1 saturated heterocycles. The summed E-state index contributed by atoms with van der Waals surface area (Å²) in [7, 11) is 1.52. The number of carbonyl (C=O) groups excluding carboxylic acids is 2. The van der Waals surface area contributed by atoms with Crippen LogP contribution in [0.2, 0.25) is 0 Å². The lowest BCUT2D eigenvalue weighted by atomic mass is 10.3. The standard InChI is InChI=1S/C13H15FN2O4/c1-15-7-12(18)16(13(15)19)6-10(17)8-20-11-4-2-9(14)3-5-11/h2-5,10,17H,6-8H2,1H3/t10-/m0/s1. The van der Waals surface area contributed by atoms with Crippen molar-refractivity contribution in [1.29, 1.82) is 0 Å². The normalized spacial score (nSPS) is 16.8. The van der Waals surface area contributed by atoms with Gasteiger partial charge in [0.2, 0.25) is 5.91 Å². The minimum atomic E-state index is -1.00. The molecular formula is C13H15FN2O4. The molecule has 1 atom stereocenters. The number of halogens is 1. The summed E-state index contributed by atoms with van der Waals surface area (Å²) in [5, 5.41) is 9.78. The second-order valence-corrected chi connectivity index (χ2v) is 4.56. The molecule has 7 heteroatoms. The van der Waals surface area contributed by atoms with Gasteiger partial charge in [-0.1, -0.05) is 0 Å². The Morgan fingerprint density at radius 2 is 2.00 bits per heavy atom. The monoisotopic (exact) mass is 282 g/mol. The van der Waals surface area contributed by atoms with Gasteiger partial charge in [-0.25, -0.2) is 9.18 Å². The van der Waals surface area contributed by atoms with Crippen LogP contribution in [0.4, 0.5) is 9.18 Å². The molecule has 1 aliphatic rings. The molecule has 1 fully saturated rings. The topological polar surface area (TPSA) is 70.1 Å². The Kier molecular flexibility index (Phi) is 4.19. The van der Waals surface area contributed by atoms with Gasteiger partial charge in [-0.05, 0) is 24.3 Å². The van der Waals surface area contributed by atoms with Crippen LogP contribution in [0, 0.1) is 5.82 Å². The summed E-state index contributed by atoms with van der Waals surface area (Å²) in [6, 6.07) is 4.91. The molecule has 1 heterocycles. The predicted octanol–water partition coefficient (Wildman–Crippen LogP) is 0.459.